The molecule has 0 aromatic rings. The highest BCUT2D eigenvalue weighted by atomic mass is 14.2. The number of rotatable bonds is 0. The number of hydrogen-bond donors (Lipinski definition) is 0. The highest BCUT2D eigenvalue weighted by molar-refractivity contribution is 5.45. The monoisotopic (exact) mass is 130 g/mol. The molecule has 1 fully saturated rings. The number of hydrogen-bond acceptors (Lipinski definition) is 0. The van der Waals surface area contributed by atoms with Crippen LogP contribution in [0.2, 0.25) is 0 Å². The van der Waals surface area contributed by atoms with Crippen molar-refractivity contribution in [1.82, 2.24) is 0 Å². The third-order valence-corrected chi connectivity index (χ3v) is 2.00. The van der Waals surface area contributed by atoms with Gasteiger partial charge in [-0.15, -0.1) is 0 Å². The third kappa shape index (κ3) is 0.860. The minimum Gasteiger partial charge on any atom is -0.0623 e. The molecule has 0 aromatic carbocycles. The summed E-state index contributed by atoms with van der Waals surface area (Å²) in [4.78, 5) is 0. The van der Waals surface area contributed by atoms with Crippen LogP contribution in [-0.4, -0.2) is 0 Å². The molecule has 2 aliphatic rings. The van der Waals surface area contributed by atoms with Crippen LogP contribution in [-0.2, 0) is 0 Å². The van der Waals surface area contributed by atoms with Crippen LogP contribution in [0, 0.1) is 0 Å². The van der Waals surface area contributed by atoms with Gasteiger partial charge in [-0.05, 0) is 24.0 Å². The number of allylic oxidation sites excluding steroid dienone is 8. The quantitative estimate of drug-likeness (QED) is 0.473. The second-order valence-corrected chi connectivity index (χ2v) is 2.65. The second-order valence-electron chi connectivity index (χ2n) is 2.65. The van der Waals surface area contributed by atoms with E-state index in [-0.39, 0.29) is 0 Å². The summed E-state index contributed by atoms with van der Waals surface area (Å²) < 4.78 is 0. The van der Waals surface area contributed by atoms with Crippen LogP contribution >= 0.6 is 0 Å². The Hall–Kier alpha value is -1.04. The first-order chi connectivity index (χ1) is 4.97. The molecule has 0 N–H and O–H groups in total. The van der Waals surface area contributed by atoms with E-state index in [4.69, 9.17) is 0 Å². The molecule has 2 rings (SSSR count). The van der Waals surface area contributed by atoms with Crippen molar-refractivity contribution in [3.8, 4) is 0 Å². The van der Waals surface area contributed by atoms with Crippen molar-refractivity contribution in [3.63, 3.8) is 0 Å². The van der Waals surface area contributed by atoms with Gasteiger partial charge in [0.1, 0.15) is 0 Å². The Balaban J connectivity index is 2.33. The lowest BCUT2D eigenvalue weighted by molar-refractivity contribution is 0.824. The Kier molecular flexibility index (Phi) is 1.31. The van der Waals surface area contributed by atoms with Crippen molar-refractivity contribution >= 4 is 0 Å². The van der Waals surface area contributed by atoms with E-state index in [2.05, 4.69) is 36.5 Å². The van der Waals surface area contributed by atoms with E-state index < -0.39 is 0 Å². The average Bonchev–Trinajstić information content (AvgIpc) is 1.89. The third-order valence-electron chi connectivity index (χ3n) is 2.00. The Morgan fingerprint density at radius 1 is 0.700 bits per heavy atom. The highest BCUT2D eigenvalue weighted by Crippen LogP contribution is 2.32. The van der Waals surface area contributed by atoms with Gasteiger partial charge in [0.25, 0.3) is 0 Å². The second kappa shape index (κ2) is 2.30. The summed E-state index contributed by atoms with van der Waals surface area (Å²) in [6, 6.07) is 0. The normalized spacial score (nSPS) is 38.4. The van der Waals surface area contributed by atoms with Gasteiger partial charge in [0, 0.05) is 0 Å². The van der Waals surface area contributed by atoms with E-state index in [1.165, 1.54) is 24.0 Å². The fraction of sp³-hybridized carbons (Fsp3) is 0.200. The minimum absolute atomic E-state index is 1.27. The maximum atomic E-state index is 2.21. The van der Waals surface area contributed by atoms with E-state index in [1.54, 1.807) is 0 Å². The van der Waals surface area contributed by atoms with Crippen molar-refractivity contribution in [3.05, 3.63) is 47.6 Å². The van der Waals surface area contributed by atoms with E-state index >= 15 is 0 Å². The van der Waals surface area contributed by atoms with Gasteiger partial charge in [0.2, 0.25) is 0 Å². The zero-order valence-electron chi connectivity index (χ0n) is 5.88. The van der Waals surface area contributed by atoms with Crippen LogP contribution in [0.1, 0.15) is 12.8 Å². The Bertz CT molecular complexity index is 221. The maximum absolute atomic E-state index is 2.21. The first-order valence-electron chi connectivity index (χ1n) is 3.70. The summed E-state index contributed by atoms with van der Waals surface area (Å²) in [5.74, 6) is 0. The van der Waals surface area contributed by atoms with Gasteiger partial charge >= 0.3 is 0 Å². The molecule has 0 unspecified atom stereocenters. The van der Waals surface area contributed by atoms with E-state index in [0.29, 0.717) is 0 Å². The van der Waals surface area contributed by atoms with Crippen molar-refractivity contribution in [2.45, 2.75) is 12.8 Å². The predicted molar refractivity (Wildman–Crippen MR) is 43.7 cm³/mol. The average molecular weight is 130 g/mol. The van der Waals surface area contributed by atoms with Gasteiger partial charge in [0.05, 0.1) is 0 Å². The largest absolute Gasteiger partial charge is 0.0623 e. The summed E-state index contributed by atoms with van der Waals surface area (Å²) in [5, 5.41) is 0. The van der Waals surface area contributed by atoms with Crippen LogP contribution in [0.15, 0.2) is 47.6 Å². The topological polar surface area (TPSA) is 0 Å². The molecule has 0 radical (unpaired) electrons. The standard InChI is InChI=1S/C10H10/c1-2-4-6-10-8-7-9(10)5-3-1/h1-6H,7-8H2/b2-1?,3-1-,4-2-,5-3?,6-4?,9-5-,10-6-. The molecule has 0 aromatic heterocycles. The predicted octanol–water partition coefficient (Wildman–Crippen LogP) is 2.76. The van der Waals surface area contributed by atoms with Crippen LogP contribution in [0.25, 0.3) is 0 Å². The molecular weight excluding hydrogens is 120 g/mol. The molecule has 0 bridgehead atoms. The van der Waals surface area contributed by atoms with Gasteiger partial charge in [0.15, 0.2) is 0 Å². The summed E-state index contributed by atoms with van der Waals surface area (Å²) in [5.41, 5.74) is 3.03. The molecule has 0 heteroatoms. The van der Waals surface area contributed by atoms with Crippen molar-refractivity contribution in [1.29, 1.82) is 0 Å². The first-order valence-corrected chi connectivity index (χ1v) is 3.70. The smallest absolute Gasteiger partial charge is 0.0235 e. The van der Waals surface area contributed by atoms with Crippen molar-refractivity contribution in [2.75, 3.05) is 0 Å². The summed E-state index contributed by atoms with van der Waals surface area (Å²) in [6.07, 6.45) is 15.3. The van der Waals surface area contributed by atoms with Gasteiger partial charge < -0.3 is 0 Å². The minimum atomic E-state index is 1.27. The van der Waals surface area contributed by atoms with Crippen LogP contribution in [0.3, 0.4) is 0 Å². The van der Waals surface area contributed by atoms with E-state index in [9.17, 15) is 0 Å². The maximum Gasteiger partial charge on any atom is -0.0235 e. The molecule has 0 atom stereocenters. The molecule has 2 aliphatic carbocycles. The molecule has 0 nitrogen and oxygen atoms in total. The fourth-order valence-corrected chi connectivity index (χ4v) is 1.27. The zero-order chi connectivity index (χ0) is 6.81. The van der Waals surface area contributed by atoms with Crippen molar-refractivity contribution in [2.24, 2.45) is 0 Å². The lowest BCUT2D eigenvalue weighted by atomic mass is 9.84. The Morgan fingerprint density at radius 3 is 1.60 bits per heavy atom. The Morgan fingerprint density at radius 2 is 1.20 bits per heavy atom. The van der Waals surface area contributed by atoms with Gasteiger partial charge in [-0.3, -0.25) is 0 Å². The molecule has 0 heterocycles. The SMILES string of the molecule is C1=C\C=C2\CC\C2=C\C=C/1. The van der Waals surface area contributed by atoms with Crippen LogP contribution in [0.4, 0.5) is 0 Å². The molecule has 0 amide bonds. The molecule has 10 heavy (non-hydrogen) atoms. The van der Waals surface area contributed by atoms with Crippen LogP contribution < -0.4 is 0 Å². The number of fused-ring (bicyclic) bond motifs is 1. The molecule has 0 saturated heterocycles. The zero-order valence-corrected chi connectivity index (χ0v) is 5.88. The van der Waals surface area contributed by atoms with Gasteiger partial charge in [-0.25, -0.2) is 0 Å². The van der Waals surface area contributed by atoms with Gasteiger partial charge in [-0.2, -0.15) is 0 Å². The molecule has 0 spiro atoms. The molecule has 50 valence electrons. The van der Waals surface area contributed by atoms with Gasteiger partial charge in [-0.1, -0.05) is 36.5 Å². The van der Waals surface area contributed by atoms with Crippen molar-refractivity contribution < 1.29 is 0 Å². The lowest BCUT2D eigenvalue weighted by Gasteiger charge is -2.21. The molecule has 1 saturated carbocycles. The van der Waals surface area contributed by atoms with Crippen LogP contribution in [0.5, 0.6) is 0 Å². The summed E-state index contributed by atoms with van der Waals surface area (Å²) in [7, 11) is 0. The van der Waals surface area contributed by atoms with E-state index in [0.717, 1.165) is 0 Å². The fourth-order valence-electron chi connectivity index (χ4n) is 1.27. The molecule has 0 aliphatic heterocycles. The lowest BCUT2D eigenvalue weighted by Crippen LogP contribution is -2.02. The summed E-state index contributed by atoms with van der Waals surface area (Å²) >= 11 is 0. The highest BCUT2D eigenvalue weighted by Gasteiger charge is 2.13. The summed E-state index contributed by atoms with van der Waals surface area (Å²) in [6.45, 7) is 0. The first kappa shape index (κ1) is 5.72. The Labute approximate surface area is 61.3 Å². The molecular formula is C10H10. The van der Waals surface area contributed by atoms with E-state index in [1.807, 2.05) is 0 Å².